The maximum Gasteiger partial charge on any atom is 0.252 e. The minimum Gasteiger partial charge on any atom is -0.374 e. The third-order valence-electron chi connectivity index (χ3n) is 3.22. The van der Waals surface area contributed by atoms with E-state index < -0.39 is 0 Å². The molecule has 5 heteroatoms. The van der Waals surface area contributed by atoms with E-state index in [-0.39, 0.29) is 12.0 Å². The number of carbonyl (C=O) groups excluding carboxylic acids is 1. The average Bonchev–Trinajstić information content (AvgIpc) is 2.90. The number of rotatable bonds is 3. The van der Waals surface area contributed by atoms with E-state index >= 15 is 0 Å². The van der Waals surface area contributed by atoms with Gasteiger partial charge in [0, 0.05) is 35.1 Å². The number of carbonyl (C=O) groups is 1. The molecule has 19 heavy (non-hydrogen) atoms. The summed E-state index contributed by atoms with van der Waals surface area (Å²) < 4.78 is 6.70. The molecule has 1 aromatic heterocycles. The van der Waals surface area contributed by atoms with Crippen LogP contribution in [-0.2, 0) is 4.74 Å². The molecule has 1 aromatic carbocycles. The van der Waals surface area contributed by atoms with Crippen molar-refractivity contribution in [1.29, 1.82) is 0 Å². The molecular formula is C14H16N2O2S. The summed E-state index contributed by atoms with van der Waals surface area (Å²) in [6.45, 7) is 2.95. The Morgan fingerprint density at radius 1 is 1.47 bits per heavy atom. The van der Waals surface area contributed by atoms with Gasteiger partial charge in [-0.1, -0.05) is 18.2 Å². The first-order valence-electron chi connectivity index (χ1n) is 6.41. The fraction of sp³-hybridized carbons (Fsp3) is 0.357. The highest BCUT2D eigenvalue weighted by molar-refractivity contribution is 7.17. The van der Waals surface area contributed by atoms with E-state index in [9.17, 15) is 4.79 Å². The minimum absolute atomic E-state index is 0.0216. The average molecular weight is 276 g/mol. The molecule has 0 aliphatic carbocycles. The Hall–Kier alpha value is -1.43. The molecule has 0 radical (unpaired) electrons. The van der Waals surface area contributed by atoms with Crippen molar-refractivity contribution in [3.05, 3.63) is 35.2 Å². The second kappa shape index (κ2) is 5.69. The van der Waals surface area contributed by atoms with Gasteiger partial charge >= 0.3 is 0 Å². The number of hydrogen-bond donors (Lipinski definition) is 2. The van der Waals surface area contributed by atoms with E-state index in [1.54, 1.807) is 11.3 Å². The van der Waals surface area contributed by atoms with E-state index in [1.807, 2.05) is 29.6 Å². The van der Waals surface area contributed by atoms with Crippen molar-refractivity contribution in [2.45, 2.75) is 6.10 Å². The summed E-state index contributed by atoms with van der Waals surface area (Å²) in [7, 11) is 0. The lowest BCUT2D eigenvalue weighted by atomic mass is 10.1. The third-order valence-corrected chi connectivity index (χ3v) is 4.18. The molecule has 2 heterocycles. The van der Waals surface area contributed by atoms with Crippen molar-refractivity contribution in [3.63, 3.8) is 0 Å². The molecule has 2 N–H and O–H groups in total. The van der Waals surface area contributed by atoms with E-state index in [2.05, 4.69) is 10.6 Å². The summed E-state index contributed by atoms with van der Waals surface area (Å²) in [5.74, 6) is -0.0216. The van der Waals surface area contributed by atoms with Gasteiger partial charge in [0.15, 0.2) is 0 Å². The second-order valence-corrected chi connectivity index (χ2v) is 5.46. The zero-order valence-corrected chi connectivity index (χ0v) is 11.3. The van der Waals surface area contributed by atoms with Crippen LogP contribution in [0, 0.1) is 0 Å². The van der Waals surface area contributed by atoms with Crippen molar-refractivity contribution in [2.24, 2.45) is 0 Å². The molecule has 3 rings (SSSR count). The van der Waals surface area contributed by atoms with Gasteiger partial charge in [-0.3, -0.25) is 4.79 Å². The molecule has 1 fully saturated rings. The molecule has 1 saturated heterocycles. The topological polar surface area (TPSA) is 50.4 Å². The molecule has 1 aliphatic rings. The van der Waals surface area contributed by atoms with Crippen LogP contribution in [0.15, 0.2) is 29.6 Å². The number of thiophene rings is 1. The van der Waals surface area contributed by atoms with Gasteiger partial charge in [0.05, 0.1) is 18.3 Å². The van der Waals surface area contributed by atoms with Crippen molar-refractivity contribution in [3.8, 4) is 0 Å². The maximum atomic E-state index is 12.2. The lowest BCUT2D eigenvalue weighted by Crippen LogP contribution is -2.45. The van der Waals surface area contributed by atoms with Crippen molar-refractivity contribution >= 4 is 27.3 Å². The number of benzene rings is 1. The SMILES string of the molecule is O=C(NCC1CNCCO1)c1csc2ccccc12. The highest BCUT2D eigenvalue weighted by Gasteiger charge is 2.16. The maximum absolute atomic E-state index is 12.2. The molecule has 0 saturated carbocycles. The van der Waals surface area contributed by atoms with Crippen LogP contribution in [0.25, 0.3) is 10.1 Å². The van der Waals surface area contributed by atoms with Gasteiger partial charge in [0.1, 0.15) is 0 Å². The van der Waals surface area contributed by atoms with Gasteiger partial charge < -0.3 is 15.4 Å². The van der Waals surface area contributed by atoms with Crippen LogP contribution in [0.1, 0.15) is 10.4 Å². The Balaban J connectivity index is 1.66. The highest BCUT2D eigenvalue weighted by Crippen LogP contribution is 2.25. The zero-order valence-electron chi connectivity index (χ0n) is 10.5. The third kappa shape index (κ3) is 2.78. The summed E-state index contributed by atoms with van der Waals surface area (Å²) in [5.41, 5.74) is 0.754. The highest BCUT2D eigenvalue weighted by atomic mass is 32.1. The normalized spacial score (nSPS) is 19.5. The summed E-state index contributed by atoms with van der Waals surface area (Å²) >= 11 is 1.60. The van der Waals surface area contributed by atoms with Gasteiger partial charge in [-0.2, -0.15) is 0 Å². The Morgan fingerprint density at radius 2 is 2.37 bits per heavy atom. The second-order valence-electron chi connectivity index (χ2n) is 4.55. The predicted octanol–water partition coefficient (Wildman–Crippen LogP) is 1.62. The van der Waals surface area contributed by atoms with Crippen LogP contribution in [0.3, 0.4) is 0 Å². The first-order chi connectivity index (χ1) is 9.34. The molecule has 100 valence electrons. The Kier molecular flexibility index (Phi) is 3.77. The van der Waals surface area contributed by atoms with E-state index in [0.29, 0.717) is 13.2 Å². The number of amides is 1. The number of hydrogen-bond acceptors (Lipinski definition) is 4. The quantitative estimate of drug-likeness (QED) is 0.895. The van der Waals surface area contributed by atoms with Gasteiger partial charge in [-0.25, -0.2) is 0 Å². The lowest BCUT2D eigenvalue weighted by Gasteiger charge is -2.23. The fourth-order valence-electron chi connectivity index (χ4n) is 2.21. The van der Waals surface area contributed by atoms with Crippen molar-refractivity contribution in [1.82, 2.24) is 10.6 Å². The van der Waals surface area contributed by atoms with Gasteiger partial charge in [0.25, 0.3) is 5.91 Å². The largest absolute Gasteiger partial charge is 0.374 e. The summed E-state index contributed by atoms with van der Waals surface area (Å²) in [5, 5.41) is 9.14. The number of nitrogens with one attached hydrogen (secondary N) is 2. The molecule has 1 unspecified atom stereocenters. The molecule has 1 amide bonds. The van der Waals surface area contributed by atoms with Gasteiger partial charge in [0.2, 0.25) is 0 Å². The standard InChI is InChI=1S/C14H16N2O2S/c17-14(16-8-10-7-15-5-6-18-10)12-9-19-13-4-2-1-3-11(12)13/h1-4,9-10,15H,5-8H2,(H,16,17). The van der Waals surface area contributed by atoms with Crippen LogP contribution in [-0.4, -0.2) is 38.3 Å². The molecule has 4 nitrogen and oxygen atoms in total. The summed E-state index contributed by atoms with van der Waals surface area (Å²) in [4.78, 5) is 12.2. The van der Waals surface area contributed by atoms with Gasteiger partial charge in [-0.05, 0) is 6.07 Å². The zero-order chi connectivity index (χ0) is 13.1. The summed E-state index contributed by atoms with van der Waals surface area (Å²) in [6, 6.07) is 7.96. The Bertz CT molecular complexity index is 576. The Labute approximate surface area is 115 Å². The van der Waals surface area contributed by atoms with Crippen LogP contribution in [0.2, 0.25) is 0 Å². The first kappa shape index (κ1) is 12.6. The van der Waals surface area contributed by atoms with Crippen molar-refractivity contribution < 1.29 is 9.53 Å². The summed E-state index contributed by atoms with van der Waals surface area (Å²) in [6.07, 6.45) is 0.0719. The fourth-order valence-corrected chi connectivity index (χ4v) is 3.15. The number of morpholine rings is 1. The first-order valence-corrected chi connectivity index (χ1v) is 7.29. The van der Waals surface area contributed by atoms with Crippen LogP contribution < -0.4 is 10.6 Å². The number of ether oxygens (including phenoxy) is 1. The molecule has 2 aromatic rings. The molecule has 0 spiro atoms. The predicted molar refractivity (Wildman–Crippen MR) is 76.8 cm³/mol. The molecule has 0 bridgehead atoms. The lowest BCUT2D eigenvalue weighted by molar-refractivity contribution is 0.0287. The minimum atomic E-state index is -0.0216. The van der Waals surface area contributed by atoms with E-state index in [4.69, 9.17) is 4.74 Å². The van der Waals surface area contributed by atoms with Crippen LogP contribution in [0.5, 0.6) is 0 Å². The molecule has 1 atom stereocenters. The van der Waals surface area contributed by atoms with Crippen LogP contribution >= 0.6 is 11.3 Å². The molecular weight excluding hydrogens is 260 g/mol. The van der Waals surface area contributed by atoms with Crippen molar-refractivity contribution in [2.75, 3.05) is 26.2 Å². The Morgan fingerprint density at radius 3 is 3.21 bits per heavy atom. The van der Waals surface area contributed by atoms with E-state index in [0.717, 1.165) is 28.7 Å². The molecule has 1 aliphatic heterocycles. The van der Waals surface area contributed by atoms with Crippen LogP contribution in [0.4, 0.5) is 0 Å². The van der Waals surface area contributed by atoms with Gasteiger partial charge in [-0.15, -0.1) is 11.3 Å². The van der Waals surface area contributed by atoms with E-state index in [1.165, 1.54) is 0 Å². The number of fused-ring (bicyclic) bond motifs is 1. The smallest absolute Gasteiger partial charge is 0.252 e. The monoisotopic (exact) mass is 276 g/mol.